The normalized spacial score (nSPS) is 29.6. The largest absolute Gasteiger partial charge is 0.509 e. The van der Waals surface area contributed by atoms with E-state index in [9.17, 15) is 9.59 Å². The van der Waals surface area contributed by atoms with Crippen LogP contribution in [0.25, 0.3) is 0 Å². The second-order valence-electron chi connectivity index (χ2n) is 4.26. The molecular weight excluding hydrogens is 260 g/mol. The van der Waals surface area contributed by atoms with Gasteiger partial charge in [0.15, 0.2) is 12.2 Å². The number of cyclic esters (lactones) is 4. The van der Waals surface area contributed by atoms with Gasteiger partial charge in [0.25, 0.3) is 0 Å². The molecule has 0 aromatic carbocycles. The van der Waals surface area contributed by atoms with Gasteiger partial charge in [0.1, 0.15) is 12.7 Å². The monoisotopic (exact) mass is 276 g/mol. The van der Waals surface area contributed by atoms with E-state index in [4.69, 9.17) is 24.1 Å². The molecule has 19 heavy (non-hydrogen) atoms. The third-order valence-electron chi connectivity index (χ3n) is 2.82. The molecule has 8 nitrogen and oxygen atoms in total. The molecule has 8 heteroatoms. The average molecular weight is 276 g/mol. The van der Waals surface area contributed by atoms with Crippen LogP contribution < -0.4 is 0 Å². The fraction of sp³-hybridized carbons (Fsp3) is 0.818. The van der Waals surface area contributed by atoms with E-state index in [0.717, 1.165) is 0 Å². The Morgan fingerprint density at radius 1 is 1.16 bits per heavy atom. The topological polar surface area (TPSA) is 101 Å². The number of carbonyl (C=O) groups is 2. The molecule has 2 saturated heterocycles. The van der Waals surface area contributed by atoms with Crippen molar-refractivity contribution < 1.29 is 38.4 Å². The van der Waals surface area contributed by atoms with Crippen LogP contribution >= 0.6 is 0 Å². The van der Waals surface area contributed by atoms with Crippen molar-refractivity contribution >= 4 is 12.3 Å². The number of aliphatic hydroxyl groups is 1. The van der Waals surface area contributed by atoms with Crippen LogP contribution in [0, 0.1) is 0 Å². The summed E-state index contributed by atoms with van der Waals surface area (Å²) in [5, 5.41) is 8.97. The van der Waals surface area contributed by atoms with E-state index < -0.39 is 24.5 Å². The number of ether oxygens (including phenoxy) is 5. The third-order valence-corrected chi connectivity index (χ3v) is 2.82. The van der Waals surface area contributed by atoms with Gasteiger partial charge in [-0.1, -0.05) is 0 Å². The van der Waals surface area contributed by atoms with Crippen LogP contribution in [0.1, 0.15) is 12.8 Å². The average Bonchev–Trinajstić information content (AvgIpc) is 2.95. The first-order valence-corrected chi connectivity index (χ1v) is 6.08. The van der Waals surface area contributed by atoms with Crippen molar-refractivity contribution in [1.29, 1.82) is 0 Å². The van der Waals surface area contributed by atoms with Gasteiger partial charge in [0.05, 0.1) is 13.2 Å². The number of carbonyl (C=O) groups excluding carboxylic acids is 2. The molecular formula is C11H16O8. The second-order valence-corrected chi connectivity index (χ2v) is 4.26. The molecule has 108 valence electrons. The molecule has 0 spiro atoms. The maximum Gasteiger partial charge on any atom is 0.509 e. The maximum atomic E-state index is 10.9. The summed E-state index contributed by atoms with van der Waals surface area (Å²) in [5.74, 6) is 0. The van der Waals surface area contributed by atoms with Crippen LogP contribution in [0.5, 0.6) is 0 Å². The Labute approximate surface area is 109 Å². The lowest BCUT2D eigenvalue weighted by Gasteiger charge is -2.13. The molecule has 2 heterocycles. The molecule has 2 unspecified atom stereocenters. The van der Waals surface area contributed by atoms with Crippen molar-refractivity contribution in [2.45, 2.75) is 31.2 Å². The van der Waals surface area contributed by atoms with Gasteiger partial charge in [-0.25, -0.2) is 9.59 Å². The van der Waals surface area contributed by atoms with E-state index in [2.05, 4.69) is 4.74 Å². The third kappa shape index (κ3) is 3.97. The SMILES string of the molecule is O=C1OCC(COCCC[C@H]2OC(=O)OC2CO)O1. The summed E-state index contributed by atoms with van der Waals surface area (Å²) in [5.41, 5.74) is 0. The van der Waals surface area contributed by atoms with Crippen LogP contribution in [0.4, 0.5) is 9.59 Å². The van der Waals surface area contributed by atoms with Crippen LogP contribution in [0.3, 0.4) is 0 Å². The minimum absolute atomic E-state index is 0.208. The number of rotatable bonds is 7. The Balaban J connectivity index is 1.54. The highest BCUT2D eigenvalue weighted by molar-refractivity contribution is 5.62. The van der Waals surface area contributed by atoms with Gasteiger partial charge in [-0.3, -0.25) is 0 Å². The van der Waals surface area contributed by atoms with E-state index in [1.807, 2.05) is 0 Å². The van der Waals surface area contributed by atoms with E-state index in [-0.39, 0.29) is 25.9 Å². The Bertz CT molecular complexity index is 331. The molecule has 0 aromatic rings. The van der Waals surface area contributed by atoms with Crippen LogP contribution in [0.15, 0.2) is 0 Å². The molecule has 2 aliphatic heterocycles. The van der Waals surface area contributed by atoms with Gasteiger partial charge in [-0.2, -0.15) is 0 Å². The van der Waals surface area contributed by atoms with Crippen molar-refractivity contribution in [3.8, 4) is 0 Å². The summed E-state index contributed by atoms with van der Waals surface area (Å²) in [6.07, 6.45) is -1.64. The van der Waals surface area contributed by atoms with Gasteiger partial charge in [0.2, 0.25) is 0 Å². The zero-order valence-electron chi connectivity index (χ0n) is 10.3. The number of aliphatic hydroxyl groups excluding tert-OH is 1. The van der Waals surface area contributed by atoms with E-state index in [1.165, 1.54) is 0 Å². The molecule has 2 rings (SSSR count). The predicted octanol–water partition coefficient (Wildman–Crippen LogP) is 0.215. The van der Waals surface area contributed by atoms with E-state index in [0.29, 0.717) is 19.4 Å². The molecule has 0 saturated carbocycles. The summed E-state index contributed by atoms with van der Waals surface area (Å²) < 4.78 is 24.3. The minimum atomic E-state index is -0.750. The predicted molar refractivity (Wildman–Crippen MR) is 58.5 cm³/mol. The van der Waals surface area contributed by atoms with Gasteiger partial charge >= 0.3 is 12.3 Å². The molecule has 2 aliphatic rings. The van der Waals surface area contributed by atoms with Crippen molar-refractivity contribution in [1.82, 2.24) is 0 Å². The first-order chi connectivity index (χ1) is 9.19. The molecule has 1 N–H and O–H groups in total. The van der Waals surface area contributed by atoms with Gasteiger partial charge < -0.3 is 28.8 Å². The Kier molecular flexibility index (Phi) is 4.80. The number of hydrogen-bond donors (Lipinski definition) is 1. The molecule has 0 amide bonds. The summed E-state index contributed by atoms with van der Waals surface area (Å²) >= 11 is 0. The quantitative estimate of drug-likeness (QED) is 0.520. The van der Waals surface area contributed by atoms with Crippen molar-refractivity contribution in [2.75, 3.05) is 26.4 Å². The van der Waals surface area contributed by atoms with Crippen LogP contribution in [0.2, 0.25) is 0 Å². The molecule has 2 fully saturated rings. The maximum absolute atomic E-state index is 10.9. The Morgan fingerprint density at radius 2 is 1.95 bits per heavy atom. The summed E-state index contributed by atoms with van der Waals surface area (Å²) in [6.45, 7) is 0.655. The minimum Gasteiger partial charge on any atom is -0.430 e. The fourth-order valence-electron chi connectivity index (χ4n) is 1.88. The zero-order chi connectivity index (χ0) is 13.7. The van der Waals surface area contributed by atoms with Crippen LogP contribution in [-0.4, -0.2) is 62.2 Å². The highest BCUT2D eigenvalue weighted by Gasteiger charge is 2.35. The number of hydrogen-bond acceptors (Lipinski definition) is 8. The molecule has 0 aliphatic carbocycles. The lowest BCUT2D eigenvalue weighted by Crippen LogP contribution is -2.26. The van der Waals surface area contributed by atoms with Crippen molar-refractivity contribution in [2.24, 2.45) is 0 Å². The van der Waals surface area contributed by atoms with Gasteiger partial charge in [0, 0.05) is 6.61 Å². The fourth-order valence-corrected chi connectivity index (χ4v) is 1.88. The Morgan fingerprint density at radius 3 is 2.63 bits per heavy atom. The second kappa shape index (κ2) is 6.58. The van der Waals surface area contributed by atoms with Crippen molar-refractivity contribution in [3.05, 3.63) is 0 Å². The molecule has 0 radical (unpaired) electrons. The Hall–Kier alpha value is -1.54. The molecule has 3 atom stereocenters. The molecule has 0 bridgehead atoms. The standard InChI is InChI=1S/C11H16O8/c12-4-9-8(18-11(14)19-9)2-1-3-15-5-7-6-16-10(13)17-7/h7-9,12H,1-6H2/t7?,8-,9?/m1/s1. The smallest absolute Gasteiger partial charge is 0.430 e. The summed E-state index contributed by atoms with van der Waals surface area (Å²) in [6, 6.07) is 0. The first kappa shape index (κ1) is 13.9. The van der Waals surface area contributed by atoms with Crippen LogP contribution in [-0.2, 0) is 23.7 Å². The lowest BCUT2D eigenvalue weighted by molar-refractivity contribution is 0.0366. The van der Waals surface area contributed by atoms with E-state index in [1.54, 1.807) is 0 Å². The summed E-state index contributed by atoms with van der Waals surface area (Å²) in [4.78, 5) is 21.5. The van der Waals surface area contributed by atoms with Gasteiger partial charge in [-0.05, 0) is 12.8 Å². The first-order valence-electron chi connectivity index (χ1n) is 6.08. The lowest BCUT2D eigenvalue weighted by atomic mass is 10.1. The summed E-state index contributed by atoms with van der Waals surface area (Å²) in [7, 11) is 0. The van der Waals surface area contributed by atoms with E-state index >= 15 is 0 Å². The zero-order valence-corrected chi connectivity index (χ0v) is 10.3. The highest BCUT2D eigenvalue weighted by atomic mass is 16.8. The molecule has 0 aromatic heterocycles. The van der Waals surface area contributed by atoms with Crippen molar-refractivity contribution in [3.63, 3.8) is 0 Å². The van der Waals surface area contributed by atoms with Gasteiger partial charge in [-0.15, -0.1) is 0 Å². The highest BCUT2D eigenvalue weighted by Crippen LogP contribution is 2.19.